The molecule has 154 valence electrons. The molecule has 8 heteroatoms. The van der Waals surface area contributed by atoms with Gasteiger partial charge in [0.2, 0.25) is 17.6 Å². The Labute approximate surface area is 177 Å². The summed E-state index contributed by atoms with van der Waals surface area (Å²) in [6.07, 6.45) is 0. The molecule has 2 amide bonds. The second-order valence-electron chi connectivity index (χ2n) is 6.71. The molecule has 0 fully saturated rings. The summed E-state index contributed by atoms with van der Waals surface area (Å²) < 4.78 is 6.20. The highest BCUT2D eigenvalue weighted by atomic mass is 32.1. The highest BCUT2D eigenvalue weighted by Crippen LogP contribution is 2.31. The number of amides is 2. The van der Waals surface area contributed by atoms with Crippen LogP contribution in [-0.2, 0) is 14.3 Å². The summed E-state index contributed by atoms with van der Waals surface area (Å²) in [6, 6.07) is 12.1. The van der Waals surface area contributed by atoms with E-state index in [-0.39, 0.29) is 23.2 Å². The zero-order chi connectivity index (χ0) is 21.8. The summed E-state index contributed by atoms with van der Waals surface area (Å²) in [4.78, 5) is 48.4. The third-order valence-electron chi connectivity index (χ3n) is 4.24. The molecular formula is C22H20N2O5S. The Morgan fingerprint density at radius 2 is 1.53 bits per heavy atom. The van der Waals surface area contributed by atoms with Crippen molar-refractivity contribution in [2.24, 2.45) is 0 Å². The van der Waals surface area contributed by atoms with Gasteiger partial charge in [-0.1, -0.05) is 18.2 Å². The normalized spacial score (nSPS) is 10.5. The number of fused-ring (bicyclic) bond motifs is 1. The van der Waals surface area contributed by atoms with Crippen molar-refractivity contribution in [2.75, 3.05) is 17.2 Å². The Morgan fingerprint density at radius 3 is 2.10 bits per heavy atom. The van der Waals surface area contributed by atoms with Gasteiger partial charge in [0.1, 0.15) is 0 Å². The van der Waals surface area contributed by atoms with Crippen molar-refractivity contribution in [3.8, 4) is 0 Å². The molecule has 0 atom stereocenters. The third kappa shape index (κ3) is 4.90. The highest BCUT2D eigenvalue weighted by molar-refractivity contribution is 7.21. The van der Waals surface area contributed by atoms with E-state index in [2.05, 4.69) is 10.6 Å². The van der Waals surface area contributed by atoms with Gasteiger partial charge in [0, 0.05) is 29.9 Å². The van der Waals surface area contributed by atoms with E-state index in [4.69, 9.17) is 4.74 Å². The Balaban J connectivity index is 1.77. The number of hydrogen-bond donors (Lipinski definition) is 2. The van der Waals surface area contributed by atoms with Crippen molar-refractivity contribution in [3.05, 3.63) is 58.5 Å². The number of anilines is 2. The van der Waals surface area contributed by atoms with Gasteiger partial charge in [0.25, 0.3) is 0 Å². The van der Waals surface area contributed by atoms with E-state index in [0.717, 1.165) is 15.6 Å². The van der Waals surface area contributed by atoms with Gasteiger partial charge in [-0.2, -0.15) is 0 Å². The lowest BCUT2D eigenvalue weighted by Crippen LogP contribution is -2.15. The lowest BCUT2D eigenvalue weighted by atomic mass is 10.1. The van der Waals surface area contributed by atoms with Gasteiger partial charge < -0.3 is 15.4 Å². The van der Waals surface area contributed by atoms with Gasteiger partial charge in [-0.15, -0.1) is 11.3 Å². The van der Waals surface area contributed by atoms with E-state index < -0.39 is 12.6 Å². The molecular weight excluding hydrogens is 404 g/mol. The minimum absolute atomic E-state index is 0.103. The van der Waals surface area contributed by atoms with E-state index in [0.29, 0.717) is 16.3 Å². The van der Waals surface area contributed by atoms with Crippen LogP contribution < -0.4 is 10.6 Å². The minimum atomic E-state index is -0.735. The standard InChI is InChI=1S/C22H20N2O5S/c1-12-18-6-4-5-7-20(18)30-21(12)19(27)11-29-22(28)15-8-16(23-13(2)25)10-17(9-15)24-14(3)26/h4-10H,11H2,1-3H3,(H,23,25)(H,24,26). The van der Waals surface area contributed by atoms with Gasteiger partial charge in [-0.3, -0.25) is 14.4 Å². The number of carbonyl (C=O) groups is 4. The number of hydrogen-bond acceptors (Lipinski definition) is 6. The molecule has 1 aromatic heterocycles. The van der Waals surface area contributed by atoms with Gasteiger partial charge in [0.05, 0.1) is 10.4 Å². The van der Waals surface area contributed by atoms with Crippen LogP contribution in [-0.4, -0.2) is 30.2 Å². The predicted octanol–water partition coefficient (Wildman–Crippen LogP) is 4.17. The number of carbonyl (C=O) groups excluding carboxylic acids is 4. The highest BCUT2D eigenvalue weighted by Gasteiger charge is 2.18. The number of ketones is 1. The zero-order valence-electron chi connectivity index (χ0n) is 16.7. The average molecular weight is 424 g/mol. The SMILES string of the molecule is CC(=O)Nc1cc(NC(C)=O)cc(C(=O)OCC(=O)c2sc3ccccc3c2C)c1. The first-order valence-corrected chi connectivity index (χ1v) is 9.95. The molecule has 0 aliphatic heterocycles. The Bertz CT molecular complexity index is 1130. The van der Waals surface area contributed by atoms with Gasteiger partial charge in [-0.25, -0.2) is 4.79 Å². The van der Waals surface area contributed by atoms with Crippen molar-refractivity contribution < 1.29 is 23.9 Å². The summed E-state index contributed by atoms with van der Waals surface area (Å²) >= 11 is 1.36. The number of aryl methyl sites for hydroxylation is 1. The first-order valence-electron chi connectivity index (χ1n) is 9.13. The van der Waals surface area contributed by atoms with Gasteiger partial charge in [0.15, 0.2) is 6.61 Å². The van der Waals surface area contributed by atoms with E-state index in [1.54, 1.807) is 0 Å². The molecule has 0 spiro atoms. The van der Waals surface area contributed by atoms with Crippen molar-refractivity contribution >= 4 is 56.4 Å². The van der Waals surface area contributed by atoms with Crippen LogP contribution in [0, 0.1) is 6.92 Å². The summed E-state index contributed by atoms with van der Waals surface area (Å²) in [5.74, 6) is -1.68. The van der Waals surface area contributed by atoms with Gasteiger partial charge in [-0.05, 0) is 42.1 Å². The van der Waals surface area contributed by atoms with Crippen LogP contribution in [0.2, 0.25) is 0 Å². The Hall–Kier alpha value is -3.52. The number of nitrogens with one attached hydrogen (secondary N) is 2. The van der Waals surface area contributed by atoms with E-state index in [1.165, 1.54) is 43.4 Å². The molecule has 0 aliphatic rings. The average Bonchev–Trinajstić information content (AvgIpc) is 3.01. The van der Waals surface area contributed by atoms with Gasteiger partial charge >= 0.3 is 5.97 Å². The molecule has 2 aromatic carbocycles. The zero-order valence-corrected chi connectivity index (χ0v) is 17.5. The van der Waals surface area contributed by atoms with Crippen LogP contribution in [0.3, 0.4) is 0 Å². The fourth-order valence-corrected chi connectivity index (χ4v) is 4.15. The summed E-state index contributed by atoms with van der Waals surface area (Å²) in [6.45, 7) is 4.11. The lowest BCUT2D eigenvalue weighted by molar-refractivity contribution is -0.115. The first kappa shape index (κ1) is 21.2. The molecule has 0 saturated carbocycles. The quantitative estimate of drug-likeness (QED) is 0.457. The van der Waals surface area contributed by atoms with Crippen molar-refractivity contribution in [1.82, 2.24) is 0 Å². The second-order valence-corrected chi connectivity index (χ2v) is 7.77. The number of benzene rings is 2. The first-order chi connectivity index (χ1) is 14.2. The molecule has 0 aliphatic carbocycles. The number of rotatable bonds is 6. The molecule has 7 nitrogen and oxygen atoms in total. The molecule has 30 heavy (non-hydrogen) atoms. The van der Waals surface area contributed by atoms with Crippen molar-refractivity contribution in [3.63, 3.8) is 0 Å². The largest absolute Gasteiger partial charge is 0.454 e. The summed E-state index contributed by atoms with van der Waals surface area (Å²) in [5, 5.41) is 6.13. The summed E-state index contributed by atoms with van der Waals surface area (Å²) in [7, 11) is 0. The monoisotopic (exact) mass is 424 g/mol. The summed E-state index contributed by atoms with van der Waals surface area (Å²) in [5.41, 5.74) is 1.61. The van der Waals surface area contributed by atoms with Crippen molar-refractivity contribution in [1.29, 1.82) is 0 Å². The third-order valence-corrected chi connectivity index (χ3v) is 5.55. The molecule has 1 heterocycles. The molecule has 3 aromatic rings. The van der Waals surface area contributed by atoms with Crippen LogP contribution in [0.1, 0.15) is 39.4 Å². The van der Waals surface area contributed by atoms with Crippen LogP contribution in [0.4, 0.5) is 11.4 Å². The fourth-order valence-electron chi connectivity index (χ4n) is 3.02. The lowest BCUT2D eigenvalue weighted by Gasteiger charge is -2.10. The van der Waals surface area contributed by atoms with Crippen LogP contribution in [0.15, 0.2) is 42.5 Å². The molecule has 0 unspecified atom stereocenters. The van der Waals surface area contributed by atoms with Crippen LogP contribution in [0.25, 0.3) is 10.1 Å². The molecule has 0 radical (unpaired) electrons. The molecule has 3 rings (SSSR count). The number of thiophene rings is 1. The minimum Gasteiger partial charge on any atom is -0.454 e. The predicted molar refractivity (Wildman–Crippen MR) is 116 cm³/mol. The topological polar surface area (TPSA) is 102 Å². The molecule has 0 bridgehead atoms. The van der Waals surface area contributed by atoms with E-state index >= 15 is 0 Å². The van der Waals surface area contributed by atoms with E-state index in [9.17, 15) is 19.2 Å². The number of esters is 1. The van der Waals surface area contributed by atoms with E-state index in [1.807, 2.05) is 31.2 Å². The number of ether oxygens (including phenoxy) is 1. The maximum Gasteiger partial charge on any atom is 0.338 e. The second kappa shape index (κ2) is 8.87. The smallest absolute Gasteiger partial charge is 0.338 e. The maximum atomic E-state index is 12.6. The maximum absolute atomic E-state index is 12.6. The Kier molecular flexibility index (Phi) is 6.27. The van der Waals surface area contributed by atoms with Crippen molar-refractivity contribution in [2.45, 2.75) is 20.8 Å². The molecule has 0 saturated heterocycles. The fraction of sp³-hybridized carbons (Fsp3) is 0.182. The Morgan fingerprint density at radius 1 is 0.933 bits per heavy atom. The van der Waals surface area contributed by atoms with Crippen LogP contribution >= 0.6 is 11.3 Å². The number of Topliss-reactive ketones (excluding diaryl/α,β-unsaturated/α-hetero) is 1. The van der Waals surface area contributed by atoms with Crippen LogP contribution in [0.5, 0.6) is 0 Å². The molecule has 2 N–H and O–H groups in total.